The van der Waals surface area contributed by atoms with Gasteiger partial charge in [-0.3, -0.25) is 9.78 Å². The van der Waals surface area contributed by atoms with Gasteiger partial charge in [0.15, 0.2) is 0 Å². The number of carbonyl (C=O) groups is 1. The molecule has 0 aliphatic carbocycles. The molecular weight excluding hydrogens is 348 g/mol. The number of aromatic nitrogens is 1. The van der Waals surface area contributed by atoms with Gasteiger partial charge in [-0.05, 0) is 54.7 Å². The molecule has 0 aliphatic heterocycles. The van der Waals surface area contributed by atoms with Gasteiger partial charge in [0.05, 0.1) is 5.69 Å². The Hall–Kier alpha value is -3.14. The Morgan fingerprint density at radius 3 is 2.39 bits per heavy atom. The molecule has 3 rings (SSSR count). The Balaban J connectivity index is 1.31. The minimum absolute atomic E-state index is 0.113. The summed E-state index contributed by atoms with van der Waals surface area (Å²) in [5.41, 5.74) is 3.30. The second-order valence-corrected chi connectivity index (χ2v) is 6.72. The molecule has 0 aliphatic rings. The molecule has 0 bridgehead atoms. The normalized spacial score (nSPS) is 10.4. The highest BCUT2D eigenvalue weighted by atomic mass is 16.5. The van der Waals surface area contributed by atoms with Crippen LogP contribution in [-0.2, 0) is 24.4 Å². The number of ether oxygens (including phenoxy) is 1. The molecular formula is C24H26N2O2. The number of unbranched alkanes of at least 4 members (excludes halogenated alkanes) is 1. The van der Waals surface area contributed by atoms with E-state index in [0.29, 0.717) is 19.6 Å². The van der Waals surface area contributed by atoms with Crippen LogP contribution >= 0.6 is 0 Å². The highest BCUT2D eigenvalue weighted by molar-refractivity contribution is 5.75. The minimum Gasteiger partial charge on any atom is -0.487 e. The van der Waals surface area contributed by atoms with E-state index in [2.05, 4.69) is 22.4 Å². The molecule has 0 saturated carbocycles. The molecule has 1 amide bonds. The first-order chi connectivity index (χ1) is 13.8. The summed E-state index contributed by atoms with van der Waals surface area (Å²) < 4.78 is 5.75. The Morgan fingerprint density at radius 1 is 0.857 bits per heavy atom. The third-order valence-corrected chi connectivity index (χ3v) is 4.49. The van der Waals surface area contributed by atoms with Gasteiger partial charge in [0.2, 0.25) is 5.91 Å². The topological polar surface area (TPSA) is 51.2 Å². The average Bonchev–Trinajstić information content (AvgIpc) is 2.76. The summed E-state index contributed by atoms with van der Waals surface area (Å²) in [4.78, 5) is 16.2. The molecule has 1 aromatic heterocycles. The van der Waals surface area contributed by atoms with Crippen molar-refractivity contribution in [1.29, 1.82) is 0 Å². The number of nitrogens with one attached hydrogen (secondary N) is 1. The van der Waals surface area contributed by atoms with Crippen molar-refractivity contribution in [3.63, 3.8) is 0 Å². The highest BCUT2D eigenvalue weighted by Crippen LogP contribution is 2.15. The number of carbonyl (C=O) groups excluding carboxylic acids is 1. The summed E-state index contributed by atoms with van der Waals surface area (Å²) in [6.07, 6.45) is 5.18. The molecule has 1 N–H and O–H groups in total. The summed E-state index contributed by atoms with van der Waals surface area (Å²) >= 11 is 0. The Morgan fingerprint density at radius 2 is 1.64 bits per heavy atom. The molecule has 0 saturated heterocycles. The summed E-state index contributed by atoms with van der Waals surface area (Å²) in [6.45, 7) is 1.07. The zero-order chi connectivity index (χ0) is 19.4. The quantitative estimate of drug-likeness (QED) is 0.524. The van der Waals surface area contributed by atoms with E-state index in [1.807, 2.05) is 60.7 Å². The molecule has 4 nitrogen and oxygen atoms in total. The number of pyridine rings is 1. The number of benzene rings is 2. The second-order valence-electron chi connectivity index (χ2n) is 6.72. The van der Waals surface area contributed by atoms with Crippen molar-refractivity contribution >= 4 is 5.91 Å². The lowest BCUT2D eigenvalue weighted by Crippen LogP contribution is -2.22. The number of rotatable bonds is 10. The van der Waals surface area contributed by atoms with Crippen LogP contribution in [0, 0.1) is 0 Å². The van der Waals surface area contributed by atoms with E-state index in [4.69, 9.17) is 4.74 Å². The van der Waals surface area contributed by atoms with Crippen molar-refractivity contribution in [3.05, 3.63) is 95.8 Å². The van der Waals surface area contributed by atoms with E-state index < -0.39 is 0 Å². The fourth-order valence-corrected chi connectivity index (χ4v) is 2.89. The standard InChI is InChI=1S/C24H26N2O2/c27-24(26-18-21-9-2-1-3-10-21)12-5-4-8-20-13-15-23(16-14-20)28-19-22-11-6-7-17-25-22/h1-3,6-7,9-11,13-17H,4-5,8,12,18-19H2,(H,26,27). The zero-order valence-corrected chi connectivity index (χ0v) is 16.0. The van der Waals surface area contributed by atoms with E-state index in [-0.39, 0.29) is 5.91 Å². The van der Waals surface area contributed by atoms with E-state index in [0.717, 1.165) is 36.3 Å². The Bertz CT molecular complexity index is 833. The van der Waals surface area contributed by atoms with E-state index in [1.165, 1.54) is 5.56 Å². The maximum atomic E-state index is 11.9. The van der Waals surface area contributed by atoms with Gasteiger partial charge in [-0.25, -0.2) is 0 Å². The van der Waals surface area contributed by atoms with Gasteiger partial charge in [-0.2, -0.15) is 0 Å². The predicted molar refractivity (Wildman–Crippen MR) is 111 cm³/mol. The first-order valence-corrected chi connectivity index (χ1v) is 9.72. The largest absolute Gasteiger partial charge is 0.487 e. The molecule has 2 aromatic carbocycles. The van der Waals surface area contributed by atoms with Gasteiger partial charge in [0.1, 0.15) is 12.4 Å². The molecule has 144 valence electrons. The fourth-order valence-electron chi connectivity index (χ4n) is 2.89. The van der Waals surface area contributed by atoms with Crippen molar-refractivity contribution in [2.24, 2.45) is 0 Å². The summed E-state index contributed by atoms with van der Waals surface area (Å²) in [6, 6.07) is 23.9. The SMILES string of the molecule is O=C(CCCCc1ccc(OCc2ccccn2)cc1)NCc1ccccc1. The number of aryl methyl sites for hydroxylation is 1. The van der Waals surface area contributed by atoms with Crippen LogP contribution in [0.3, 0.4) is 0 Å². The monoisotopic (exact) mass is 374 g/mol. The maximum Gasteiger partial charge on any atom is 0.220 e. The lowest BCUT2D eigenvalue weighted by molar-refractivity contribution is -0.121. The average molecular weight is 374 g/mol. The summed E-state index contributed by atoms with van der Waals surface area (Å²) in [5.74, 6) is 0.955. The predicted octanol–water partition coefficient (Wildman–Crippen LogP) is 4.69. The smallest absolute Gasteiger partial charge is 0.220 e. The molecule has 0 spiro atoms. The van der Waals surface area contributed by atoms with Gasteiger partial charge in [0.25, 0.3) is 0 Å². The fraction of sp³-hybridized carbons (Fsp3) is 0.250. The van der Waals surface area contributed by atoms with Crippen LogP contribution in [0.2, 0.25) is 0 Å². The first-order valence-electron chi connectivity index (χ1n) is 9.72. The van der Waals surface area contributed by atoms with E-state index >= 15 is 0 Å². The van der Waals surface area contributed by atoms with Crippen LogP contribution in [0.1, 0.15) is 36.1 Å². The van der Waals surface area contributed by atoms with Crippen molar-refractivity contribution < 1.29 is 9.53 Å². The van der Waals surface area contributed by atoms with E-state index in [9.17, 15) is 4.79 Å². The molecule has 0 radical (unpaired) electrons. The van der Waals surface area contributed by atoms with Gasteiger partial charge >= 0.3 is 0 Å². The van der Waals surface area contributed by atoms with Crippen molar-refractivity contribution in [2.75, 3.05) is 0 Å². The number of amides is 1. The summed E-state index contributed by atoms with van der Waals surface area (Å²) in [7, 11) is 0. The minimum atomic E-state index is 0.113. The van der Waals surface area contributed by atoms with Crippen molar-refractivity contribution in [1.82, 2.24) is 10.3 Å². The number of hydrogen-bond donors (Lipinski definition) is 1. The molecule has 3 aromatic rings. The lowest BCUT2D eigenvalue weighted by atomic mass is 10.1. The van der Waals surface area contributed by atoms with Gasteiger partial charge in [-0.1, -0.05) is 48.5 Å². The highest BCUT2D eigenvalue weighted by Gasteiger charge is 2.02. The van der Waals surface area contributed by atoms with Crippen LogP contribution in [0.5, 0.6) is 5.75 Å². The van der Waals surface area contributed by atoms with Crippen LogP contribution in [-0.4, -0.2) is 10.9 Å². The van der Waals surface area contributed by atoms with E-state index in [1.54, 1.807) is 6.20 Å². The van der Waals surface area contributed by atoms with Crippen LogP contribution in [0.25, 0.3) is 0 Å². The second kappa shape index (κ2) is 10.9. The van der Waals surface area contributed by atoms with Crippen molar-refractivity contribution in [2.45, 2.75) is 38.8 Å². The van der Waals surface area contributed by atoms with Crippen molar-refractivity contribution in [3.8, 4) is 5.75 Å². The van der Waals surface area contributed by atoms with Gasteiger partial charge in [-0.15, -0.1) is 0 Å². The lowest BCUT2D eigenvalue weighted by Gasteiger charge is -2.07. The third kappa shape index (κ3) is 6.88. The molecule has 0 unspecified atom stereocenters. The molecule has 0 fully saturated rings. The Kier molecular flexibility index (Phi) is 7.62. The molecule has 0 atom stereocenters. The summed E-state index contributed by atoms with van der Waals surface area (Å²) in [5, 5.41) is 2.97. The zero-order valence-electron chi connectivity index (χ0n) is 16.0. The van der Waals surface area contributed by atoms with Gasteiger partial charge in [0, 0.05) is 19.2 Å². The number of hydrogen-bond acceptors (Lipinski definition) is 3. The van der Waals surface area contributed by atoms with Crippen LogP contribution < -0.4 is 10.1 Å². The van der Waals surface area contributed by atoms with Crippen LogP contribution in [0.4, 0.5) is 0 Å². The first kappa shape index (κ1) is 19.6. The molecule has 28 heavy (non-hydrogen) atoms. The van der Waals surface area contributed by atoms with Crippen LogP contribution in [0.15, 0.2) is 79.0 Å². The third-order valence-electron chi connectivity index (χ3n) is 4.49. The maximum absolute atomic E-state index is 11.9. The number of nitrogens with zero attached hydrogens (tertiary/aromatic N) is 1. The molecule has 1 heterocycles. The Labute approximate surface area is 166 Å². The molecule has 4 heteroatoms. The van der Waals surface area contributed by atoms with Gasteiger partial charge < -0.3 is 10.1 Å².